The van der Waals surface area contributed by atoms with Crippen LogP contribution in [0.4, 0.5) is 0 Å². The summed E-state index contributed by atoms with van der Waals surface area (Å²) in [6.45, 7) is 12.1. The number of piperidine rings is 1. The summed E-state index contributed by atoms with van der Waals surface area (Å²) in [4.78, 5) is 39.9. The van der Waals surface area contributed by atoms with E-state index in [1.807, 2.05) is 36.4 Å². The second-order valence-electron chi connectivity index (χ2n) is 16.6. The summed E-state index contributed by atoms with van der Waals surface area (Å²) in [6, 6.07) is 10.3. The van der Waals surface area contributed by atoms with Gasteiger partial charge in [0.25, 0.3) is 0 Å². The van der Waals surface area contributed by atoms with Gasteiger partial charge < -0.3 is 15.4 Å². The van der Waals surface area contributed by atoms with Crippen LogP contribution < -0.4 is 10.6 Å². The number of fused-ring (bicyclic) bond motifs is 6. The molecule has 7 heteroatoms. The molecule has 0 aromatic heterocycles. The molecule has 260 valence electrons. The molecule has 7 rings (SSSR count). The largest absolute Gasteiger partial charge is 0.369 e. The summed E-state index contributed by atoms with van der Waals surface area (Å²) >= 11 is 0. The summed E-state index contributed by atoms with van der Waals surface area (Å²) in [5, 5.41) is 5.86. The van der Waals surface area contributed by atoms with Crippen molar-refractivity contribution in [3.63, 3.8) is 0 Å². The maximum atomic E-state index is 12.7. The summed E-state index contributed by atoms with van der Waals surface area (Å²) in [5.74, 6) is 3.14. The van der Waals surface area contributed by atoms with Crippen molar-refractivity contribution in [1.29, 1.82) is 0 Å². The van der Waals surface area contributed by atoms with Gasteiger partial charge in [-0.15, -0.1) is 0 Å². The van der Waals surface area contributed by atoms with Gasteiger partial charge in [0.1, 0.15) is 0 Å². The molecule has 2 aliphatic heterocycles. The molecule has 1 spiro atoms. The molecule has 0 radical (unpaired) electrons. The lowest BCUT2D eigenvalue weighted by Gasteiger charge is -2.48. The number of allylic oxidation sites excluding steroid dienone is 3. The third kappa shape index (κ3) is 6.34. The smallest absolute Gasteiger partial charge is 0.239 e. The predicted molar refractivity (Wildman–Crippen MR) is 188 cm³/mol. The second kappa shape index (κ2) is 13.5. The number of hydrogen-bond acceptors (Lipinski definition) is 5. The molecule has 2 amide bonds. The number of carbonyl (C=O) groups excluding carboxylic acids is 3. The highest BCUT2D eigenvalue weighted by atomic mass is 16.5. The van der Waals surface area contributed by atoms with Crippen LogP contribution in [0.1, 0.15) is 97.5 Å². The molecule has 1 aromatic rings. The number of amides is 2. The average Bonchev–Trinajstić information content (AvgIpc) is 3.53. The monoisotopic (exact) mass is 655 g/mol. The van der Waals surface area contributed by atoms with Crippen molar-refractivity contribution in [3.8, 4) is 0 Å². The van der Waals surface area contributed by atoms with Crippen molar-refractivity contribution in [2.24, 2.45) is 35.0 Å². The Balaban J connectivity index is 0.957. The SMILES string of the molecule is CC1=C2C[C@H]3[C@@H](CCC4=CC(=O)CC[C@@]43C)[C@@H]2CC[C@@]2(C1)O[C@@H]1C[C@H](C)CN(CCNC(=O)CNC(=O)CCc3ccccc3)[C@H]1[C@H]2C. The summed E-state index contributed by atoms with van der Waals surface area (Å²) < 4.78 is 7.27. The molecule has 1 aromatic carbocycles. The fourth-order valence-corrected chi connectivity index (χ4v) is 11.3. The average molecular weight is 656 g/mol. The van der Waals surface area contributed by atoms with Crippen molar-refractivity contribution in [1.82, 2.24) is 15.5 Å². The number of rotatable bonds is 8. The molecular weight excluding hydrogens is 598 g/mol. The Bertz CT molecular complexity index is 1470. The first-order chi connectivity index (χ1) is 23.1. The van der Waals surface area contributed by atoms with E-state index in [0.717, 1.165) is 56.7 Å². The Morgan fingerprint density at radius 3 is 2.67 bits per heavy atom. The van der Waals surface area contributed by atoms with E-state index in [-0.39, 0.29) is 35.5 Å². The standard InChI is InChI=1S/C41H57N3O4/c1-26-20-36-39(44(25-26)19-18-42-38(47)24-43-37(46)13-10-29-8-6-5-7-9-29)28(3)41(48-36)17-15-32-33-12-11-30-21-31(45)14-16-40(30,4)35(33)22-34(32)27(2)23-41/h5-9,21,26,28,32-33,35-36,39H,10-20,22-25H2,1-4H3,(H,42,47)(H,43,46)/t26-,28+,32-,33-,35-,36+,39-,40-,41-/m0/s1. The number of likely N-dealkylation sites (tertiary alicyclic amines) is 1. The Morgan fingerprint density at radius 1 is 1.04 bits per heavy atom. The van der Waals surface area contributed by atoms with Crippen LogP contribution in [0.2, 0.25) is 0 Å². The highest BCUT2D eigenvalue weighted by Crippen LogP contribution is 2.64. The first-order valence-electron chi connectivity index (χ1n) is 19.0. The van der Waals surface area contributed by atoms with Gasteiger partial charge in [-0.3, -0.25) is 19.3 Å². The van der Waals surface area contributed by atoms with Gasteiger partial charge in [-0.1, -0.05) is 67.8 Å². The van der Waals surface area contributed by atoms with Crippen LogP contribution in [0.25, 0.3) is 0 Å². The molecule has 2 saturated heterocycles. The fraction of sp³-hybridized carbons (Fsp3) is 0.683. The molecule has 7 nitrogen and oxygen atoms in total. The first-order valence-corrected chi connectivity index (χ1v) is 19.0. The minimum atomic E-state index is -0.133. The normalized spacial score (nSPS) is 37.6. The molecule has 4 fully saturated rings. The van der Waals surface area contributed by atoms with Gasteiger partial charge in [0.2, 0.25) is 11.8 Å². The molecule has 0 unspecified atom stereocenters. The van der Waals surface area contributed by atoms with E-state index >= 15 is 0 Å². The van der Waals surface area contributed by atoms with Gasteiger partial charge >= 0.3 is 0 Å². The number of nitrogens with one attached hydrogen (secondary N) is 2. The lowest BCUT2D eigenvalue weighted by molar-refractivity contribution is -0.126. The number of carbonyl (C=O) groups is 3. The van der Waals surface area contributed by atoms with Gasteiger partial charge in [-0.25, -0.2) is 0 Å². The molecule has 2 heterocycles. The maximum absolute atomic E-state index is 12.7. The Hall–Kier alpha value is -2.77. The Morgan fingerprint density at radius 2 is 1.85 bits per heavy atom. The second-order valence-corrected chi connectivity index (χ2v) is 16.6. The number of aryl methyl sites for hydroxylation is 1. The third-order valence-corrected chi connectivity index (χ3v) is 13.8. The van der Waals surface area contributed by atoms with Crippen molar-refractivity contribution in [2.75, 3.05) is 26.2 Å². The van der Waals surface area contributed by atoms with Crippen molar-refractivity contribution in [3.05, 3.63) is 58.7 Å². The highest BCUT2D eigenvalue weighted by molar-refractivity contribution is 5.91. The number of nitrogens with zero attached hydrogens (tertiary/aromatic N) is 1. The van der Waals surface area contributed by atoms with E-state index in [1.54, 1.807) is 11.1 Å². The molecular formula is C41H57N3O4. The zero-order valence-electron chi connectivity index (χ0n) is 29.7. The summed E-state index contributed by atoms with van der Waals surface area (Å²) in [5.41, 5.74) is 5.95. The zero-order chi connectivity index (χ0) is 33.6. The number of ketones is 1. The molecule has 48 heavy (non-hydrogen) atoms. The molecule has 9 atom stereocenters. The number of ether oxygens (including phenoxy) is 1. The summed E-state index contributed by atoms with van der Waals surface area (Å²) in [7, 11) is 0. The molecule has 2 N–H and O–H groups in total. The van der Waals surface area contributed by atoms with Gasteiger partial charge in [-0.2, -0.15) is 0 Å². The maximum Gasteiger partial charge on any atom is 0.239 e. The van der Waals surface area contributed by atoms with E-state index in [0.29, 0.717) is 61.3 Å². The lowest BCUT2D eigenvalue weighted by atomic mass is 9.56. The Kier molecular flexibility index (Phi) is 9.49. The molecule has 4 aliphatic carbocycles. The van der Waals surface area contributed by atoms with E-state index in [9.17, 15) is 14.4 Å². The predicted octanol–water partition coefficient (Wildman–Crippen LogP) is 6.18. The van der Waals surface area contributed by atoms with E-state index in [2.05, 4.69) is 43.2 Å². The van der Waals surface area contributed by atoms with Crippen LogP contribution in [0.5, 0.6) is 0 Å². The minimum Gasteiger partial charge on any atom is -0.369 e. The topological polar surface area (TPSA) is 87.7 Å². The van der Waals surface area contributed by atoms with Crippen LogP contribution in [0, 0.1) is 35.0 Å². The van der Waals surface area contributed by atoms with Gasteiger partial charge in [-0.05, 0) is 105 Å². The van der Waals surface area contributed by atoms with Gasteiger partial charge in [0.05, 0.1) is 18.2 Å². The van der Waals surface area contributed by atoms with Crippen molar-refractivity contribution < 1.29 is 19.1 Å². The summed E-state index contributed by atoms with van der Waals surface area (Å²) in [6.07, 6.45) is 13.0. The van der Waals surface area contributed by atoms with E-state index in [1.165, 1.54) is 24.8 Å². The van der Waals surface area contributed by atoms with Crippen LogP contribution in [0.15, 0.2) is 53.1 Å². The zero-order valence-corrected chi connectivity index (χ0v) is 29.7. The first kappa shape index (κ1) is 33.7. The molecule has 6 aliphatic rings. The van der Waals surface area contributed by atoms with Crippen LogP contribution >= 0.6 is 0 Å². The number of hydrogen-bond donors (Lipinski definition) is 2. The third-order valence-electron chi connectivity index (χ3n) is 13.8. The minimum absolute atomic E-state index is 0.0184. The fourth-order valence-electron chi connectivity index (χ4n) is 11.3. The van der Waals surface area contributed by atoms with E-state index in [4.69, 9.17) is 4.74 Å². The lowest BCUT2D eigenvalue weighted by Crippen LogP contribution is -2.54. The Labute approximate surface area is 287 Å². The van der Waals surface area contributed by atoms with Gasteiger partial charge in [0, 0.05) is 44.4 Å². The molecule has 2 saturated carbocycles. The van der Waals surface area contributed by atoms with Gasteiger partial charge in [0.15, 0.2) is 5.78 Å². The van der Waals surface area contributed by atoms with Crippen molar-refractivity contribution in [2.45, 2.75) is 116 Å². The molecule has 0 bridgehead atoms. The highest BCUT2D eigenvalue weighted by Gasteiger charge is 2.59. The van der Waals surface area contributed by atoms with E-state index < -0.39 is 0 Å². The van der Waals surface area contributed by atoms with Crippen LogP contribution in [-0.4, -0.2) is 66.4 Å². The quantitative estimate of drug-likeness (QED) is 0.327. The van der Waals surface area contributed by atoms with Crippen LogP contribution in [-0.2, 0) is 25.5 Å². The van der Waals surface area contributed by atoms with Crippen LogP contribution in [0.3, 0.4) is 0 Å². The van der Waals surface area contributed by atoms with Crippen molar-refractivity contribution >= 4 is 17.6 Å². The number of benzene rings is 1.